The normalized spacial score (nSPS) is 24.3. The van der Waals surface area contributed by atoms with Gasteiger partial charge in [-0.3, -0.25) is 10.1 Å². The Labute approximate surface area is 660 Å². The summed E-state index contributed by atoms with van der Waals surface area (Å²) in [6.07, 6.45) is 5.86. The molecule has 36 heteroatoms. The van der Waals surface area contributed by atoms with E-state index >= 15 is 0 Å². The van der Waals surface area contributed by atoms with Crippen molar-refractivity contribution in [2.45, 2.75) is 186 Å². The van der Waals surface area contributed by atoms with Gasteiger partial charge in [0.2, 0.25) is 40.1 Å². The molecule has 4 unspecified atom stereocenters. The van der Waals surface area contributed by atoms with Crippen LogP contribution in [0.1, 0.15) is 127 Å². The van der Waals surface area contributed by atoms with E-state index in [1.165, 1.54) is 84.7 Å². The molecule has 9 aliphatic heterocycles. The lowest BCUT2D eigenvalue weighted by molar-refractivity contribution is -0.122. The summed E-state index contributed by atoms with van der Waals surface area (Å²) >= 11 is 0. The van der Waals surface area contributed by atoms with Crippen molar-refractivity contribution in [2.24, 2.45) is 0 Å². The van der Waals surface area contributed by atoms with E-state index in [-0.39, 0.29) is 95.8 Å². The van der Waals surface area contributed by atoms with Gasteiger partial charge in [0.25, 0.3) is 0 Å². The molecule has 0 bridgehead atoms. The fraction of sp³-hybridized carbons (Fsp3) is 0.632. The molecule has 624 valence electrons. The van der Waals surface area contributed by atoms with Crippen LogP contribution in [0.15, 0.2) is 117 Å². The van der Waals surface area contributed by atoms with Gasteiger partial charge >= 0.3 is 18.3 Å². The van der Waals surface area contributed by atoms with E-state index in [0.29, 0.717) is 94.4 Å². The van der Waals surface area contributed by atoms with Gasteiger partial charge in [0, 0.05) is 65.3 Å². The maximum Gasteiger partial charge on any atom is 0.410 e. The van der Waals surface area contributed by atoms with E-state index in [1.807, 2.05) is 41.5 Å². The number of sulfonamides is 4. The molecule has 3 amide bonds. The van der Waals surface area contributed by atoms with Crippen molar-refractivity contribution in [2.75, 3.05) is 146 Å². The summed E-state index contributed by atoms with van der Waals surface area (Å²) < 4.78 is 171. The highest BCUT2D eigenvalue weighted by atomic mass is 32.2. The number of hydrogen-bond donors (Lipinski definition) is 2. The smallest absolute Gasteiger partial charge is 0.410 e. The molecule has 4 aromatic rings. The highest BCUT2D eigenvalue weighted by Crippen LogP contribution is 2.42. The van der Waals surface area contributed by atoms with Crippen LogP contribution in [0.5, 0.6) is 23.0 Å². The van der Waals surface area contributed by atoms with Gasteiger partial charge in [0.05, 0.1) is 101 Å². The number of carbonyl (C=O) groups is 4. The quantitative estimate of drug-likeness (QED) is 0.127. The highest BCUT2D eigenvalue weighted by molar-refractivity contribution is 7.90. The predicted octanol–water partition coefficient (Wildman–Crippen LogP) is 8.06. The first kappa shape index (κ1) is 88.9. The molecular weight excluding hydrogens is 1540 g/mol. The number of benzene rings is 4. The van der Waals surface area contributed by atoms with E-state index < -0.39 is 80.2 Å². The van der Waals surface area contributed by atoms with Crippen molar-refractivity contribution in [1.82, 2.24) is 42.6 Å². The van der Waals surface area contributed by atoms with E-state index in [0.717, 1.165) is 58.3 Å². The van der Waals surface area contributed by atoms with E-state index in [2.05, 4.69) is 10.6 Å². The average molecular weight is 1650 g/mol. The fourth-order valence-electron chi connectivity index (χ4n) is 14.5. The summed E-state index contributed by atoms with van der Waals surface area (Å²) in [7, 11) is -8.98. The maximum absolute atomic E-state index is 13.4. The first-order valence-electron chi connectivity index (χ1n) is 37.8. The Balaban J connectivity index is 0.000000166. The Morgan fingerprint density at radius 3 is 1.13 bits per heavy atom. The molecule has 2 N–H and O–H groups in total. The minimum Gasteiger partial charge on any atom is -0.497 e. The molecule has 9 aliphatic rings. The number of amides is 3. The highest BCUT2D eigenvalue weighted by Gasteiger charge is 2.55. The monoisotopic (exact) mass is 1650 g/mol. The predicted molar refractivity (Wildman–Crippen MR) is 413 cm³/mol. The molecule has 13 rings (SSSR count). The summed E-state index contributed by atoms with van der Waals surface area (Å²) in [5, 5.41) is 6.59. The molecular formula is C76H113N9O23S4. The van der Waals surface area contributed by atoms with Crippen molar-refractivity contribution < 1.29 is 105 Å². The van der Waals surface area contributed by atoms with Crippen LogP contribution < -0.4 is 29.6 Å². The molecule has 9 saturated heterocycles. The van der Waals surface area contributed by atoms with Gasteiger partial charge < -0.3 is 72.1 Å². The molecule has 32 nitrogen and oxygen atoms in total. The number of Topliss-reactive ketones (excluding diaryl/α,β-unsaturated/α-hetero) is 1. The lowest BCUT2D eigenvalue weighted by Gasteiger charge is -2.43. The average Bonchev–Trinajstić information content (AvgIpc) is 1.44. The van der Waals surface area contributed by atoms with Crippen LogP contribution in [0.2, 0.25) is 0 Å². The summed E-state index contributed by atoms with van der Waals surface area (Å²) in [6, 6.07) is 25.0. The standard InChI is InChI=1S/C21H26N2O7S2.C19H28N2O6S.C14H20N2O4S.C12H22N2O3.C10H17NO3/c1-28-17-4-8-19(9-5-17)31(24,25)22-13-3-12-21(16-22)23(14-15-30-21)32(26,27)20-10-6-18(29-2)7-11-20;1-18(2,3)27-17(22)20-11-5-10-19(14-20)21(12-13-26-19)28(23,24)16-8-6-15(25-4)7-9-16;1-19-12-3-5-13(6-4-12)21(17,18)16-9-10-20-14(16)7-2-8-15-11-14;1-11(2,3)17-10(15)14-7-4-5-12(9-14)13-6-8-16-12;1-10(2,3)14-9(13)11-6-4-5-8(12)7-11/h4-11H,3,12-16H2,1-2H3;6-9H,5,10-14H2,1-4H3;3-6,15H,2,7-11H2,1H3;13H,4-9H2,1-3H3;4-7H2,1-3H3. The van der Waals surface area contributed by atoms with Crippen LogP contribution in [0, 0.1) is 0 Å². The fourth-order valence-corrected chi connectivity index (χ4v) is 21.1. The molecule has 112 heavy (non-hydrogen) atoms. The second-order valence-electron chi connectivity index (χ2n) is 31.4. The second kappa shape index (κ2) is 36.8. The van der Waals surface area contributed by atoms with Gasteiger partial charge in [0.15, 0.2) is 11.5 Å². The zero-order valence-corrected chi connectivity index (χ0v) is 70.0. The van der Waals surface area contributed by atoms with Gasteiger partial charge in [-0.1, -0.05) is 0 Å². The van der Waals surface area contributed by atoms with Gasteiger partial charge in [-0.15, -0.1) is 0 Å². The number of methoxy groups -OCH3 is 4. The zero-order chi connectivity index (χ0) is 81.8. The molecule has 4 atom stereocenters. The van der Waals surface area contributed by atoms with Crippen LogP contribution in [-0.4, -0.2) is 276 Å². The summed E-state index contributed by atoms with van der Waals surface area (Å²) in [6.45, 7) is 24.3. The molecule has 0 aliphatic carbocycles. The minimum absolute atomic E-state index is 0.0727. The first-order chi connectivity index (χ1) is 52.7. The number of carbonyl (C=O) groups excluding carboxylic acids is 4. The lowest BCUT2D eigenvalue weighted by atomic mass is 10.0. The molecule has 0 radical (unpaired) electrons. The van der Waals surface area contributed by atoms with Crippen molar-refractivity contribution in [3.05, 3.63) is 97.1 Å². The van der Waals surface area contributed by atoms with E-state index in [1.54, 1.807) is 93.4 Å². The second-order valence-corrected chi connectivity index (χ2v) is 38.9. The Morgan fingerprint density at radius 1 is 0.393 bits per heavy atom. The number of rotatable bonds is 12. The summed E-state index contributed by atoms with van der Waals surface area (Å²) in [5.41, 5.74) is -4.90. The largest absolute Gasteiger partial charge is 0.497 e. The van der Waals surface area contributed by atoms with Crippen molar-refractivity contribution >= 4 is 64.2 Å². The summed E-state index contributed by atoms with van der Waals surface area (Å²) in [4.78, 5) is 52.5. The lowest BCUT2D eigenvalue weighted by Crippen LogP contribution is -2.59. The third-order valence-corrected chi connectivity index (χ3v) is 27.5. The Kier molecular flexibility index (Phi) is 29.2. The molecule has 0 saturated carbocycles. The Bertz CT molecular complexity index is 4310. The van der Waals surface area contributed by atoms with E-state index in [9.17, 15) is 52.8 Å². The molecule has 9 heterocycles. The Morgan fingerprint density at radius 2 is 0.750 bits per heavy atom. The number of nitrogens with zero attached hydrogens (tertiary/aromatic N) is 7. The molecule has 4 aromatic carbocycles. The SMILES string of the molecule is CC(C)(C)OC(=O)N1CCCC(=O)C1.CC(C)(C)OC(=O)N1CCCC2(C1)NCCO2.COc1ccc(S(=O)(=O)N2CCCC3(C2)OCCN3S(=O)(=O)c2ccc(OC)cc2)cc1.COc1ccc(S(=O)(=O)N2CCOC23CCCN(C(=O)OC(C)(C)C)C3)cc1.COc1ccc(S(=O)(=O)N2CCOC23CCCNC3)cc1. The number of hydrogen-bond acceptors (Lipinski definition) is 25. The van der Waals surface area contributed by atoms with Crippen LogP contribution in [0.4, 0.5) is 14.4 Å². The van der Waals surface area contributed by atoms with Crippen LogP contribution in [0.25, 0.3) is 0 Å². The number of nitrogens with one attached hydrogen (secondary N) is 2. The number of piperidine rings is 5. The molecule has 0 aromatic heterocycles. The Hall–Kier alpha value is -7.04. The van der Waals surface area contributed by atoms with E-state index in [4.69, 9.17) is 52.1 Å². The van der Waals surface area contributed by atoms with Crippen molar-refractivity contribution in [3.63, 3.8) is 0 Å². The number of likely N-dealkylation sites (tertiary alicyclic amines) is 3. The third-order valence-electron chi connectivity index (χ3n) is 19.7. The minimum atomic E-state index is -3.90. The van der Waals surface area contributed by atoms with Crippen LogP contribution in [-0.2, 0) is 78.0 Å². The molecule has 4 spiro atoms. The number of ketones is 1. The topological polar surface area (TPSA) is 353 Å². The van der Waals surface area contributed by atoms with Crippen LogP contribution >= 0.6 is 0 Å². The maximum atomic E-state index is 13.4. The summed E-state index contributed by atoms with van der Waals surface area (Å²) in [5.74, 6) is 2.43. The van der Waals surface area contributed by atoms with Crippen molar-refractivity contribution in [1.29, 1.82) is 0 Å². The number of ether oxygens (including phenoxy) is 11. The van der Waals surface area contributed by atoms with Gasteiger partial charge in [-0.2, -0.15) is 17.2 Å². The van der Waals surface area contributed by atoms with Gasteiger partial charge in [-0.05, 0) is 224 Å². The molecule has 9 fully saturated rings. The zero-order valence-electron chi connectivity index (χ0n) is 66.7. The van der Waals surface area contributed by atoms with Gasteiger partial charge in [0.1, 0.15) is 57.0 Å². The van der Waals surface area contributed by atoms with Crippen molar-refractivity contribution in [3.8, 4) is 23.0 Å². The van der Waals surface area contributed by atoms with Crippen LogP contribution in [0.3, 0.4) is 0 Å². The van der Waals surface area contributed by atoms with Gasteiger partial charge in [-0.25, -0.2) is 48.1 Å². The first-order valence-corrected chi connectivity index (χ1v) is 43.6. The third kappa shape index (κ3) is 22.1.